The molecule has 0 heterocycles. The van der Waals surface area contributed by atoms with Crippen molar-refractivity contribution in [2.45, 2.75) is 6.42 Å². The third-order valence-electron chi connectivity index (χ3n) is 3.50. The minimum Gasteiger partial charge on any atom is -0.378 e. The number of rotatable bonds is 4. The average molecular weight is 282 g/mol. The molecule has 0 saturated heterocycles. The molecule has 0 bridgehead atoms. The number of hydrogen-bond acceptors (Lipinski definition) is 2. The molecule has 0 radical (unpaired) electrons. The van der Waals surface area contributed by atoms with E-state index in [1.54, 1.807) is 19.0 Å². The zero-order valence-electron chi connectivity index (χ0n) is 13.1. The van der Waals surface area contributed by atoms with E-state index in [4.69, 9.17) is 0 Å². The van der Waals surface area contributed by atoms with Crippen LogP contribution in [0, 0.1) is 0 Å². The molecular formula is C18H22N2O. The molecule has 1 amide bonds. The molecule has 0 saturated carbocycles. The molecule has 2 rings (SSSR count). The van der Waals surface area contributed by atoms with Crippen LogP contribution in [0.2, 0.25) is 0 Å². The van der Waals surface area contributed by atoms with Crippen LogP contribution in [0.4, 0.5) is 5.69 Å². The molecule has 0 spiro atoms. The second-order valence-electron chi connectivity index (χ2n) is 5.61. The van der Waals surface area contributed by atoms with E-state index in [0.29, 0.717) is 6.42 Å². The van der Waals surface area contributed by atoms with Gasteiger partial charge in [-0.2, -0.15) is 0 Å². The van der Waals surface area contributed by atoms with Crippen molar-refractivity contribution < 1.29 is 4.79 Å². The van der Waals surface area contributed by atoms with E-state index in [1.165, 1.54) is 11.3 Å². The molecule has 0 aromatic heterocycles. The molecule has 2 aromatic carbocycles. The van der Waals surface area contributed by atoms with Gasteiger partial charge in [0.2, 0.25) is 5.91 Å². The van der Waals surface area contributed by atoms with Crippen LogP contribution < -0.4 is 4.90 Å². The monoisotopic (exact) mass is 282 g/mol. The Hall–Kier alpha value is -2.29. The standard InChI is InChI=1S/C18H22N2O/c1-19(2)17-10-8-15(9-11-17)16-7-5-6-14(12-16)13-18(21)20(3)4/h5-12H,13H2,1-4H3. The van der Waals surface area contributed by atoms with Crippen LogP contribution in [0.1, 0.15) is 5.56 Å². The van der Waals surface area contributed by atoms with Crippen molar-refractivity contribution in [3.63, 3.8) is 0 Å². The lowest BCUT2D eigenvalue weighted by atomic mass is 10.0. The van der Waals surface area contributed by atoms with Crippen LogP contribution in [0.25, 0.3) is 11.1 Å². The zero-order valence-corrected chi connectivity index (χ0v) is 13.1. The van der Waals surface area contributed by atoms with Gasteiger partial charge in [-0.15, -0.1) is 0 Å². The molecule has 0 fully saturated rings. The lowest BCUT2D eigenvalue weighted by molar-refractivity contribution is -0.127. The number of anilines is 1. The molecule has 110 valence electrons. The summed E-state index contributed by atoms with van der Waals surface area (Å²) in [7, 11) is 7.63. The highest BCUT2D eigenvalue weighted by Crippen LogP contribution is 2.23. The van der Waals surface area contributed by atoms with Crippen molar-refractivity contribution >= 4 is 11.6 Å². The first-order chi connectivity index (χ1) is 9.97. The largest absolute Gasteiger partial charge is 0.378 e. The molecule has 0 atom stereocenters. The number of amides is 1. The summed E-state index contributed by atoms with van der Waals surface area (Å²) in [6.45, 7) is 0. The summed E-state index contributed by atoms with van der Waals surface area (Å²) in [6.07, 6.45) is 0.441. The van der Waals surface area contributed by atoms with E-state index in [0.717, 1.165) is 11.1 Å². The Kier molecular flexibility index (Phi) is 4.63. The molecule has 3 heteroatoms. The number of carbonyl (C=O) groups excluding carboxylic acids is 1. The Morgan fingerprint density at radius 3 is 2.14 bits per heavy atom. The molecule has 2 aromatic rings. The van der Waals surface area contributed by atoms with E-state index >= 15 is 0 Å². The second-order valence-corrected chi connectivity index (χ2v) is 5.61. The van der Waals surface area contributed by atoms with Crippen LogP contribution in [-0.2, 0) is 11.2 Å². The molecule has 0 aliphatic carbocycles. The summed E-state index contributed by atoms with van der Waals surface area (Å²) in [4.78, 5) is 15.5. The quantitative estimate of drug-likeness (QED) is 0.860. The van der Waals surface area contributed by atoms with Crippen LogP contribution in [0.15, 0.2) is 48.5 Å². The Morgan fingerprint density at radius 2 is 1.57 bits per heavy atom. The molecule has 0 aliphatic rings. The van der Waals surface area contributed by atoms with Crippen molar-refractivity contribution in [2.75, 3.05) is 33.1 Å². The first-order valence-electron chi connectivity index (χ1n) is 7.04. The van der Waals surface area contributed by atoms with Gasteiger partial charge in [-0.3, -0.25) is 4.79 Å². The van der Waals surface area contributed by atoms with Gasteiger partial charge in [0.25, 0.3) is 0 Å². The predicted octanol–water partition coefficient (Wildman–Crippen LogP) is 3.05. The highest BCUT2D eigenvalue weighted by molar-refractivity contribution is 5.79. The van der Waals surface area contributed by atoms with Gasteiger partial charge in [0, 0.05) is 33.9 Å². The molecule has 3 nitrogen and oxygen atoms in total. The summed E-state index contributed by atoms with van der Waals surface area (Å²) in [6, 6.07) is 16.6. The average Bonchev–Trinajstić information content (AvgIpc) is 2.47. The molecular weight excluding hydrogens is 260 g/mol. The number of carbonyl (C=O) groups is 1. The van der Waals surface area contributed by atoms with Gasteiger partial charge in [0.05, 0.1) is 6.42 Å². The van der Waals surface area contributed by atoms with Crippen molar-refractivity contribution in [2.24, 2.45) is 0 Å². The summed E-state index contributed by atoms with van der Waals surface area (Å²) >= 11 is 0. The van der Waals surface area contributed by atoms with Gasteiger partial charge in [0.1, 0.15) is 0 Å². The zero-order chi connectivity index (χ0) is 15.4. The fourth-order valence-corrected chi connectivity index (χ4v) is 2.15. The first kappa shape index (κ1) is 15.1. The number of nitrogens with zero attached hydrogens (tertiary/aromatic N) is 2. The lowest BCUT2D eigenvalue weighted by Gasteiger charge is -2.13. The molecule has 0 aliphatic heterocycles. The predicted molar refractivity (Wildman–Crippen MR) is 88.6 cm³/mol. The Morgan fingerprint density at radius 1 is 0.905 bits per heavy atom. The van der Waals surface area contributed by atoms with Gasteiger partial charge < -0.3 is 9.80 Å². The lowest BCUT2D eigenvalue weighted by Crippen LogP contribution is -2.23. The van der Waals surface area contributed by atoms with Crippen LogP contribution >= 0.6 is 0 Å². The molecule has 21 heavy (non-hydrogen) atoms. The minimum absolute atomic E-state index is 0.120. The van der Waals surface area contributed by atoms with E-state index < -0.39 is 0 Å². The van der Waals surface area contributed by atoms with Gasteiger partial charge in [-0.25, -0.2) is 0 Å². The SMILES string of the molecule is CN(C)C(=O)Cc1cccc(-c2ccc(N(C)C)cc2)c1. The smallest absolute Gasteiger partial charge is 0.226 e. The Labute approximate surface area is 126 Å². The van der Waals surface area contributed by atoms with Crippen molar-refractivity contribution in [3.05, 3.63) is 54.1 Å². The van der Waals surface area contributed by atoms with E-state index in [2.05, 4.69) is 41.3 Å². The maximum absolute atomic E-state index is 11.8. The van der Waals surface area contributed by atoms with Crippen LogP contribution in [0.5, 0.6) is 0 Å². The maximum atomic E-state index is 11.8. The van der Waals surface area contributed by atoms with Crippen molar-refractivity contribution in [1.82, 2.24) is 4.90 Å². The fourth-order valence-electron chi connectivity index (χ4n) is 2.15. The van der Waals surface area contributed by atoms with Crippen LogP contribution in [0.3, 0.4) is 0 Å². The van der Waals surface area contributed by atoms with E-state index in [-0.39, 0.29) is 5.91 Å². The second kappa shape index (κ2) is 6.44. The number of hydrogen-bond donors (Lipinski definition) is 0. The third kappa shape index (κ3) is 3.85. The van der Waals surface area contributed by atoms with E-state index in [1.807, 2.05) is 26.2 Å². The third-order valence-corrected chi connectivity index (χ3v) is 3.50. The summed E-state index contributed by atoms with van der Waals surface area (Å²) in [5.74, 6) is 0.120. The van der Waals surface area contributed by atoms with Crippen molar-refractivity contribution in [1.29, 1.82) is 0 Å². The van der Waals surface area contributed by atoms with Gasteiger partial charge in [-0.1, -0.05) is 36.4 Å². The topological polar surface area (TPSA) is 23.6 Å². The fraction of sp³-hybridized carbons (Fsp3) is 0.278. The maximum Gasteiger partial charge on any atom is 0.226 e. The number of benzene rings is 2. The summed E-state index contributed by atoms with van der Waals surface area (Å²) in [5.41, 5.74) is 4.53. The van der Waals surface area contributed by atoms with E-state index in [9.17, 15) is 4.79 Å². The highest BCUT2D eigenvalue weighted by atomic mass is 16.2. The minimum atomic E-state index is 0.120. The van der Waals surface area contributed by atoms with Crippen molar-refractivity contribution in [3.8, 4) is 11.1 Å². The summed E-state index contributed by atoms with van der Waals surface area (Å²) in [5, 5.41) is 0. The Bertz CT molecular complexity index is 615. The van der Waals surface area contributed by atoms with Gasteiger partial charge in [0.15, 0.2) is 0 Å². The summed E-state index contributed by atoms with van der Waals surface area (Å²) < 4.78 is 0. The highest BCUT2D eigenvalue weighted by Gasteiger charge is 2.07. The van der Waals surface area contributed by atoms with Gasteiger partial charge >= 0.3 is 0 Å². The van der Waals surface area contributed by atoms with Gasteiger partial charge in [-0.05, 0) is 28.8 Å². The Balaban J connectivity index is 2.22. The first-order valence-corrected chi connectivity index (χ1v) is 7.04. The van der Waals surface area contributed by atoms with Crippen LogP contribution in [-0.4, -0.2) is 39.0 Å². The number of likely N-dealkylation sites (N-methyl/N-ethyl adjacent to an activating group) is 1. The normalized spacial score (nSPS) is 10.3. The molecule has 0 N–H and O–H groups in total. The molecule has 0 unspecified atom stereocenters.